The van der Waals surface area contributed by atoms with Gasteiger partial charge in [0.25, 0.3) is 5.91 Å². The third-order valence-electron chi connectivity index (χ3n) is 2.34. The minimum atomic E-state index is -0.292. The highest BCUT2D eigenvalue weighted by atomic mass is 35.5. The second-order valence-electron chi connectivity index (χ2n) is 3.86. The van der Waals surface area contributed by atoms with Crippen molar-refractivity contribution in [2.24, 2.45) is 5.92 Å². The Balaban J connectivity index is 2.76. The van der Waals surface area contributed by atoms with Gasteiger partial charge in [0, 0.05) is 12.4 Å². The van der Waals surface area contributed by atoms with Crippen molar-refractivity contribution < 1.29 is 9.90 Å². The lowest BCUT2D eigenvalue weighted by molar-refractivity contribution is 0.0897. The Labute approximate surface area is 99.6 Å². The summed E-state index contributed by atoms with van der Waals surface area (Å²) in [7, 11) is 0. The van der Waals surface area contributed by atoms with Crippen LogP contribution in [0.2, 0.25) is 5.02 Å². The first-order chi connectivity index (χ1) is 7.56. The van der Waals surface area contributed by atoms with Crippen molar-refractivity contribution in [1.29, 1.82) is 0 Å². The monoisotopic (exact) mass is 242 g/mol. The largest absolute Gasteiger partial charge is 0.394 e. The maximum Gasteiger partial charge on any atom is 0.253 e. The van der Waals surface area contributed by atoms with E-state index in [0.29, 0.717) is 10.6 Å². The number of hydrogen-bond acceptors (Lipinski definition) is 3. The van der Waals surface area contributed by atoms with Crippen molar-refractivity contribution in [2.75, 3.05) is 6.61 Å². The number of rotatable bonds is 4. The van der Waals surface area contributed by atoms with Crippen molar-refractivity contribution in [3.63, 3.8) is 0 Å². The van der Waals surface area contributed by atoms with E-state index in [9.17, 15) is 4.79 Å². The Bertz CT molecular complexity index is 369. The van der Waals surface area contributed by atoms with Gasteiger partial charge in [0.15, 0.2) is 0 Å². The van der Waals surface area contributed by atoms with E-state index in [4.69, 9.17) is 16.7 Å². The van der Waals surface area contributed by atoms with Gasteiger partial charge in [0.1, 0.15) is 0 Å². The smallest absolute Gasteiger partial charge is 0.253 e. The fourth-order valence-corrected chi connectivity index (χ4v) is 1.43. The zero-order valence-electron chi connectivity index (χ0n) is 9.27. The van der Waals surface area contributed by atoms with Crippen LogP contribution in [0.1, 0.15) is 24.2 Å². The van der Waals surface area contributed by atoms with E-state index in [-0.39, 0.29) is 24.5 Å². The Hall–Kier alpha value is -1.13. The molecule has 0 saturated carbocycles. The zero-order chi connectivity index (χ0) is 12.1. The summed E-state index contributed by atoms with van der Waals surface area (Å²) in [6.45, 7) is 3.76. The molecule has 16 heavy (non-hydrogen) atoms. The quantitative estimate of drug-likeness (QED) is 0.841. The first kappa shape index (κ1) is 12.9. The maximum absolute atomic E-state index is 11.8. The molecule has 4 nitrogen and oxygen atoms in total. The summed E-state index contributed by atoms with van der Waals surface area (Å²) in [5, 5.41) is 12.1. The molecule has 1 rings (SSSR count). The second-order valence-corrected chi connectivity index (χ2v) is 4.27. The third kappa shape index (κ3) is 3.18. The standard InChI is InChI=1S/C11H15ClN2O2/c1-7(2)10(6-15)14-11(16)8-3-4-13-5-9(8)12/h3-5,7,10,15H,6H2,1-2H3,(H,14,16). The van der Waals surface area contributed by atoms with E-state index in [1.54, 1.807) is 6.07 Å². The highest BCUT2D eigenvalue weighted by Gasteiger charge is 2.17. The van der Waals surface area contributed by atoms with Crippen molar-refractivity contribution in [3.05, 3.63) is 29.0 Å². The highest BCUT2D eigenvalue weighted by Crippen LogP contribution is 2.13. The van der Waals surface area contributed by atoms with Crippen LogP contribution in [0, 0.1) is 5.92 Å². The fourth-order valence-electron chi connectivity index (χ4n) is 1.23. The van der Waals surface area contributed by atoms with Gasteiger partial charge in [0.2, 0.25) is 0 Å². The van der Waals surface area contributed by atoms with Gasteiger partial charge in [0.05, 0.1) is 23.2 Å². The number of hydrogen-bond donors (Lipinski definition) is 2. The van der Waals surface area contributed by atoms with E-state index in [1.807, 2.05) is 13.8 Å². The first-order valence-electron chi connectivity index (χ1n) is 5.07. The number of pyridine rings is 1. The maximum atomic E-state index is 11.8. The molecule has 0 spiro atoms. The van der Waals surface area contributed by atoms with Crippen LogP contribution in [0.4, 0.5) is 0 Å². The number of carbonyl (C=O) groups is 1. The van der Waals surface area contributed by atoms with Gasteiger partial charge in [-0.3, -0.25) is 9.78 Å². The minimum absolute atomic E-state index is 0.0912. The summed E-state index contributed by atoms with van der Waals surface area (Å²) in [6.07, 6.45) is 2.92. The molecule has 1 atom stereocenters. The number of halogens is 1. The molecular formula is C11H15ClN2O2. The summed E-state index contributed by atoms with van der Waals surface area (Å²) < 4.78 is 0. The van der Waals surface area contributed by atoms with Gasteiger partial charge >= 0.3 is 0 Å². The van der Waals surface area contributed by atoms with Crippen molar-refractivity contribution >= 4 is 17.5 Å². The molecule has 1 heterocycles. The number of amides is 1. The topological polar surface area (TPSA) is 62.2 Å². The molecule has 88 valence electrons. The molecule has 1 aromatic rings. The van der Waals surface area contributed by atoms with Crippen LogP contribution in [0.25, 0.3) is 0 Å². The van der Waals surface area contributed by atoms with Crippen LogP contribution in [-0.2, 0) is 0 Å². The second kappa shape index (κ2) is 5.82. The summed E-state index contributed by atoms with van der Waals surface area (Å²) in [4.78, 5) is 15.6. The molecule has 1 unspecified atom stereocenters. The molecule has 0 radical (unpaired) electrons. The molecule has 0 fully saturated rings. The average Bonchev–Trinajstić information content (AvgIpc) is 2.25. The van der Waals surface area contributed by atoms with Gasteiger partial charge in [-0.15, -0.1) is 0 Å². The molecule has 0 saturated heterocycles. The summed E-state index contributed by atoms with van der Waals surface area (Å²) in [5.74, 6) is -0.130. The van der Waals surface area contributed by atoms with Crippen LogP contribution in [0.15, 0.2) is 18.5 Å². The molecule has 0 aromatic carbocycles. The summed E-state index contributed by atoms with van der Waals surface area (Å²) in [5.41, 5.74) is 0.371. The lowest BCUT2D eigenvalue weighted by Gasteiger charge is -2.20. The van der Waals surface area contributed by atoms with E-state index in [0.717, 1.165) is 0 Å². The normalized spacial score (nSPS) is 12.6. The van der Waals surface area contributed by atoms with Crippen LogP contribution >= 0.6 is 11.6 Å². The Kier molecular flexibility index (Phi) is 4.71. The van der Waals surface area contributed by atoms with Crippen LogP contribution in [0.3, 0.4) is 0 Å². The molecule has 0 aliphatic rings. The molecule has 5 heteroatoms. The molecular weight excluding hydrogens is 228 g/mol. The van der Waals surface area contributed by atoms with Crippen molar-refractivity contribution in [2.45, 2.75) is 19.9 Å². The van der Waals surface area contributed by atoms with Crippen molar-refractivity contribution in [1.82, 2.24) is 10.3 Å². The number of aromatic nitrogens is 1. The predicted octanol–water partition coefficient (Wildman–Crippen LogP) is 1.48. The Morgan fingerprint density at radius 2 is 2.31 bits per heavy atom. The summed E-state index contributed by atoms with van der Waals surface area (Å²) in [6, 6.07) is 1.28. The first-order valence-corrected chi connectivity index (χ1v) is 5.45. The zero-order valence-corrected chi connectivity index (χ0v) is 10.0. The lowest BCUT2D eigenvalue weighted by Crippen LogP contribution is -2.41. The van der Waals surface area contributed by atoms with Crippen LogP contribution < -0.4 is 5.32 Å². The number of nitrogens with zero attached hydrogens (tertiary/aromatic N) is 1. The van der Waals surface area contributed by atoms with Gasteiger partial charge < -0.3 is 10.4 Å². The molecule has 0 bridgehead atoms. The third-order valence-corrected chi connectivity index (χ3v) is 2.64. The highest BCUT2D eigenvalue weighted by molar-refractivity contribution is 6.33. The molecule has 0 aliphatic heterocycles. The number of aliphatic hydroxyl groups is 1. The number of aliphatic hydroxyl groups excluding tert-OH is 1. The van der Waals surface area contributed by atoms with E-state index in [1.165, 1.54) is 12.4 Å². The fraction of sp³-hybridized carbons (Fsp3) is 0.455. The Morgan fingerprint density at radius 1 is 1.62 bits per heavy atom. The number of nitrogens with one attached hydrogen (secondary N) is 1. The summed E-state index contributed by atoms with van der Waals surface area (Å²) >= 11 is 5.84. The molecule has 0 aliphatic carbocycles. The van der Waals surface area contributed by atoms with E-state index < -0.39 is 0 Å². The average molecular weight is 243 g/mol. The van der Waals surface area contributed by atoms with Gasteiger partial charge in [-0.1, -0.05) is 25.4 Å². The molecule has 1 aromatic heterocycles. The van der Waals surface area contributed by atoms with Gasteiger partial charge in [-0.2, -0.15) is 0 Å². The molecule has 1 amide bonds. The predicted molar refractivity (Wildman–Crippen MR) is 62.4 cm³/mol. The molecule has 2 N–H and O–H groups in total. The van der Waals surface area contributed by atoms with Crippen LogP contribution in [0.5, 0.6) is 0 Å². The Morgan fingerprint density at radius 3 is 2.81 bits per heavy atom. The van der Waals surface area contributed by atoms with Crippen molar-refractivity contribution in [3.8, 4) is 0 Å². The number of carbonyl (C=O) groups excluding carboxylic acids is 1. The minimum Gasteiger partial charge on any atom is -0.394 e. The lowest BCUT2D eigenvalue weighted by atomic mass is 10.1. The van der Waals surface area contributed by atoms with Gasteiger partial charge in [-0.05, 0) is 12.0 Å². The van der Waals surface area contributed by atoms with E-state index >= 15 is 0 Å². The van der Waals surface area contributed by atoms with E-state index in [2.05, 4.69) is 10.3 Å². The SMILES string of the molecule is CC(C)C(CO)NC(=O)c1ccncc1Cl. The van der Waals surface area contributed by atoms with Gasteiger partial charge in [-0.25, -0.2) is 0 Å². The van der Waals surface area contributed by atoms with Crippen LogP contribution in [-0.4, -0.2) is 28.6 Å².